The molecule has 0 atom stereocenters. The SMILES string of the molecule is c1ccc(-c2ccc3c(c2)oc2cc4c(ccc5ccccc54)cc23)nc1. The van der Waals surface area contributed by atoms with Crippen molar-refractivity contribution in [3.8, 4) is 11.3 Å². The van der Waals surface area contributed by atoms with E-state index in [9.17, 15) is 0 Å². The average molecular weight is 345 g/mol. The van der Waals surface area contributed by atoms with Crippen LogP contribution >= 0.6 is 0 Å². The van der Waals surface area contributed by atoms with Crippen molar-refractivity contribution in [1.29, 1.82) is 0 Å². The molecular formula is C25H15NO. The molecule has 0 aliphatic rings. The van der Waals surface area contributed by atoms with Gasteiger partial charge in [-0.3, -0.25) is 4.98 Å². The summed E-state index contributed by atoms with van der Waals surface area (Å²) >= 11 is 0. The first-order valence-electron chi connectivity index (χ1n) is 9.06. The molecule has 0 aliphatic heterocycles. The van der Waals surface area contributed by atoms with Gasteiger partial charge in [0.25, 0.3) is 0 Å². The minimum absolute atomic E-state index is 0.896. The van der Waals surface area contributed by atoms with Crippen molar-refractivity contribution >= 4 is 43.5 Å². The fourth-order valence-electron chi connectivity index (χ4n) is 3.97. The molecule has 6 aromatic rings. The molecule has 0 bridgehead atoms. The molecule has 4 aromatic carbocycles. The summed E-state index contributed by atoms with van der Waals surface area (Å²) in [6.07, 6.45) is 1.82. The number of rotatable bonds is 1. The molecule has 2 heteroatoms. The zero-order valence-electron chi connectivity index (χ0n) is 14.5. The molecule has 0 fully saturated rings. The topological polar surface area (TPSA) is 26.0 Å². The predicted molar refractivity (Wildman–Crippen MR) is 112 cm³/mol. The highest BCUT2D eigenvalue weighted by atomic mass is 16.3. The van der Waals surface area contributed by atoms with E-state index in [0.717, 1.165) is 33.2 Å². The summed E-state index contributed by atoms with van der Waals surface area (Å²) in [5.41, 5.74) is 3.84. The Balaban J connectivity index is 1.66. The van der Waals surface area contributed by atoms with E-state index in [-0.39, 0.29) is 0 Å². The van der Waals surface area contributed by atoms with Crippen LogP contribution in [0.4, 0.5) is 0 Å². The third-order valence-corrected chi connectivity index (χ3v) is 5.30. The molecule has 0 saturated carbocycles. The van der Waals surface area contributed by atoms with Gasteiger partial charge in [0.2, 0.25) is 0 Å². The van der Waals surface area contributed by atoms with E-state index in [1.807, 2.05) is 24.4 Å². The lowest BCUT2D eigenvalue weighted by molar-refractivity contribution is 0.669. The van der Waals surface area contributed by atoms with Crippen LogP contribution in [0.1, 0.15) is 0 Å². The molecule has 0 radical (unpaired) electrons. The second kappa shape index (κ2) is 5.42. The van der Waals surface area contributed by atoms with Gasteiger partial charge < -0.3 is 4.42 Å². The summed E-state index contributed by atoms with van der Waals surface area (Å²) in [5, 5.41) is 7.26. The number of furan rings is 1. The molecule has 126 valence electrons. The zero-order chi connectivity index (χ0) is 17.8. The molecule has 0 aliphatic carbocycles. The van der Waals surface area contributed by atoms with Crippen LogP contribution in [0.15, 0.2) is 95.5 Å². The molecule has 0 N–H and O–H groups in total. The van der Waals surface area contributed by atoms with Gasteiger partial charge in [0.05, 0.1) is 5.69 Å². The van der Waals surface area contributed by atoms with Crippen LogP contribution in [0.2, 0.25) is 0 Å². The van der Waals surface area contributed by atoms with E-state index in [1.54, 1.807) is 0 Å². The molecule has 27 heavy (non-hydrogen) atoms. The van der Waals surface area contributed by atoms with Crippen molar-refractivity contribution in [2.75, 3.05) is 0 Å². The Labute approximate surface area is 155 Å². The van der Waals surface area contributed by atoms with Gasteiger partial charge in [-0.25, -0.2) is 0 Å². The Morgan fingerprint density at radius 3 is 2.33 bits per heavy atom. The second-order valence-corrected chi connectivity index (χ2v) is 6.88. The monoisotopic (exact) mass is 345 g/mol. The van der Waals surface area contributed by atoms with Crippen molar-refractivity contribution in [1.82, 2.24) is 4.98 Å². The van der Waals surface area contributed by atoms with Gasteiger partial charge in [0.1, 0.15) is 11.2 Å². The fourth-order valence-corrected chi connectivity index (χ4v) is 3.97. The van der Waals surface area contributed by atoms with E-state index in [4.69, 9.17) is 4.42 Å². The van der Waals surface area contributed by atoms with E-state index in [2.05, 4.69) is 71.7 Å². The Kier molecular flexibility index (Phi) is 2.91. The summed E-state index contributed by atoms with van der Waals surface area (Å²) < 4.78 is 6.24. The number of aromatic nitrogens is 1. The summed E-state index contributed by atoms with van der Waals surface area (Å²) in [7, 11) is 0. The maximum Gasteiger partial charge on any atom is 0.136 e. The molecule has 0 unspecified atom stereocenters. The van der Waals surface area contributed by atoms with E-state index in [0.29, 0.717) is 0 Å². The largest absolute Gasteiger partial charge is 0.456 e. The van der Waals surface area contributed by atoms with Gasteiger partial charge in [-0.05, 0) is 57.9 Å². The van der Waals surface area contributed by atoms with Crippen molar-refractivity contribution in [2.24, 2.45) is 0 Å². The number of hydrogen-bond acceptors (Lipinski definition) is 2. The van der Waals surface area contributed by atoms with Crippen LogP contribution in [0, 0.1) is 0 Å². The average Bonchev–Trinajstić information content (AvgIpc) is 3.09. The Bertz CT molecular complexity index is 1460. The first kappa shape index (κ1) is 14.5. The van der Waals surface area contributed by atoms with Crippen molar-refractivity contribution in [2.45, 2.75) is 0 Å². The Morgan fingerprint density at radius 1 is 0.556 bits per heavy atom. The minimum Gasteiger partial charge on any atom is -0.456 e. The van der Waals surface area contributed by atoms with Crippen molar-refractivity contribution in [3.05, 3.63) is 91.1 Å². The lowest BCUT2D eigenvalue weighted by atomic mass is 10.00. The molecule has 2 aromatic heterocycles. The Morgan fingerprint density at radius 2 is 1.41 bits per heavy atom. The minimum atomic E-state index is 0.896. The van der Waals surface area contributed by atoms with Gasteiger partial charge in [-0.1, -0.05) is 48.5 Å². The first-order chi connectivity index (χ1) is 13.4. The van der Waals surface area contributed by atoms with Gasteiger partial charge >= 0.3 is 0 Å². The summed E-state index contributed by atoms with van der Waals surface area (Å²) in [4.78, 5) is 4.45. The highest BCUT2D eigenvalue weighted by Gasteiger charge is 2.11. The maximum atomic E-state index is 6.24. The molecule has 0 amide bonds. The van der Waals surface area contributed by atoms with Crippen LogP contribution in [-0.4, -0.2) is 4.98 Å². The summed E-state index contributed by atoms with van der Waals surface area (Å²) in [5.74, 6) is 0. The normalized spacial score (nSPS) is 11.7. The van der Waals surface area contributed by atoms with E-state index < -0.39 is 0 Å². The first-order valence-corrected chi connectivity index (χ1v) is 9.06. The van der Waals surface area contributed by atoms with Gasteiger partial charge in [-0.2, -0.15) is 0 Å². The zero-order valence-corrected chi connectivity index (χ0v) is 14.5. The van der Waals surface area contributed by atoms with Crippen molar-refractivity contribution in [3.63, 3.8) is 0 Å². The second-order valence-electron chi connectivity index (χ2n) is 6.88. The lowest BCUT2D eigenvalue weighted by Crippen LogP contribution is -1.81. The quantitative estimate of drug-likeness (QED) is 0.301. The van der Waals surface area contributed by atoms with Crippen LogP contribution in [0.3, 0.4) is 0 Å². The fraction of sp³-hybridized carbons (Fsp3) is 0. The van der Waals surface area contributed by atoms with Gasteiger partial charge in [-0.15, -0.1) is 0 Å². The molecule has 2 heterocycles. The standard InChI is InChI=1S/C25H15NO/c1-2-6-19-16(5-1)8-9-17-13-22-20-11-10-18(23-7-3-4-12-26-23)14-24(20)27-25(22)15-21(17)19/h1-15H. The third-order valence-electron chi connectivity index (χ3n) is 5.30. The van der Waals surface area contributed by atoms with E-state index in [1.165, 1.54) is 21.5 Å². The molecular weight excluding hydrogens is 330 g/mol. The van der Waals surface area contributed by atoms with Crippen LogP contribution in [0.5, 0.6) is 0 Å². The Hall–Kier alpha value is -3.65. The van der Waals surface area contributed by atoms with E-state index >= 15 is 0 Å². The third kappa shape index (κ3) is 2.17. The molecule has 2 nitrogen and oxygen atoms in total. The molecule has 0 saturated heterocycles. The van der Waals surface area contributed by atoms with Gasteiger partial charge in [0.15, 0.2) is 0 Å². The number of fused-ring (bicyclic) bond motifs is 6. The van der Waals surface area contributed by atoms with Crippen LogP contribution in [0.25, 0.3) is 54.7 Å². The predicted octanol–water partition coefficient (Wildman–Crippen LogP) is 6.95. The lowest BCUT2D eigenvalue weighted by Gasteiger charge is -2.03. The number of pyridine rings is 1. The van der Waals surface area contributed by atoms with Crippen molar-refractivity contribution < 1.29 is 4.42 Å². The summed E-state index contributed by atoms with van der Waals surface area (Å²) in [6.45, 7) is 0. The summed E-state index contributed by atoms with van der Waals surface area (Å²) in [6, 6.07) is 29.6. The molecule has 6 rings (SSSR count). The number of nitrogens with zero attached hydrogens (tertiary/aromatic N) is 1. The highest BCUT2D eigenvalue weighted by Crippen LogP contribution is 2.36. The molecule has 0 spiro atoms. The number of benzene rings is 4. The van der Waals surface area contributed by atoms with Gasteiger partial charge in [0, 0.05) is 22.5 Å². The number of hydrogen-bond donors (Lipinski definition) is 0. The highest BCUT2D eigenvalue weighted by molar-refractivity contribution is 6.16. The smallest absolute Gasteiger partial charge is 0.136 e. The van der Waals surface area contributed by atoms with Crippen LogP contribution in [-0.2, 0) is 0 Å². The maximum absolute atomic E-state index is 6.24. The van der Waals surface area contributed by atoms with Crippen LogP contribution < -0.4 is 0 Å².